The van der Waals surface area contributed by atoms with Gasteiger partial charge in [-0.1, -0.05) is 48.5 Å². The number of ether oxygens (including phenoxy) is 3. The number of aromatic nitrogens is 1. The van der Waals surface area contributed by atoms with Crippen LogP contribution < -0.4 is 19.5 Å². The zero-order valence-corrected chi connectivity index (χ0v) is 22.0. The molecule has 0 aliphatic carbocycles. The maximum Gasteiger partial charge on any atom is 0.271 e. The normalized spacial score (nSPS) is 16.7. The lowest BCUT2D eigenvalue weighted by Crippen LogP contribution is -2.63. The molecule has 1 aromatic heterocycles. The molecule has 8 heteroatoms. The zero-order valence-electron chi connectivity index (χ0n) is 22.0. The van der Waals surface area contributed by atoms with Crippen molar-refractivity contribution in [2.45, 2.75) is 32.1 Å². The van der Waals surface area contributed by atoms with Crippen LogP contribution in [-0.4, -0.2) is 48.1 Å². The number of benzene rings is 3. The van der Waals surface area contributed by atoms with Crippen molar-refractivity contribution in [1.82, 2.24) is 14.8 Å². The predicted molar refractivity (Wildman–Crippen MR) is 145 cm³/mol. The highest BCUT2D eigenvalue weighted by Crippen LogP contribution is 2.37. The number of rotatable bonds is 8. The zero-order chi connectivity index (χ0) is 26.9. The summed E-state index contributed by atoms with van der Waals surface area (Å²) in [4.78, 5) is 29.7. The van der Waals surface area contributed by atoms with Crippen LogP contribution in [0.2, 0.25) is 0 Å². The van der Waals surface area contributed by atoms with Crippen LogP contribution in [0.1, 0.15) is 28.5 Å². The van der Waals surface area contributed by atoms with E-state index in [1.54, 1.807) is 32.3 Å². The summed E-state index contributed by atoms with van der Waals surface area (Å²) in [6.07, 6.45) is 0. The Morgan fingerprint density at radius 1 is 0.895 bits per heavy atom. The molecule has 1 aliphatic rings. The van der Waals surface area contributed by atoms with Crippen LogP contribution in [0.5, 0.6) is 17.2 Å². The number of carbonyl (C=O) groups excluding carboxylic acids is 2. The lowest BCUT2D eigenvalue weighted by atomic mass is 9.93. The molecule has 0 radical (unpaired) electrons. The highest BCUT2D eigenvalue weighted by atomic mass is 16.5. The van der Waals surface area contributed by atoms with Gasteiger partial charge in [0.25, 0.3) is 5.91 Å². The first-order valence-electron chi connectivity index (χ1n) is 12.4. The van der Waals surface area contributed by atoms with E-state index in [1.165, 1.54) is 0 Å². The van der Waals surface area contributed by atoms with Crippen molar-refractivity contribution in [3.05, 3.63) is 89.6 Å². The van der Waals surface area contributed by atoms with E-state index in [2.05, 4.69) is 5.32 Å². The summed E-state index contributed by atoms with van der Waals surface area (Å²) in [7, 11) is 4.74. The monoisotopic (exact) mass is 513 g/mol. The molecule has 1 N–H and O–H groups in total. The minimum absolute atomic E-state index is 0.166. The lowest BCUT2D eigenvalue weighted by molar-refractivity contribution is -0.133. The van der Waals surface area contributed by atoms with Crippen LogP contribution in [-0.2, 0) is 24.4 Å². The van der Waals surface area contributed by atoms with Gasteiger partial charge >= 0.3 is 0 Å². The van der Waals surface area contributed by atoms with Crippen LogP contribution >= 0.6 is 0 Å². The van der Waals surface area contributed by atoms with Gasteiger partial charge in [-0.05, 0) is 31.2 Å². The average Bonchev–Trinajstić information content (AvgIpc) is 3.32. The van der Waals surface area contributed by atoms with Crippen LogP contribution in [0.3, 0.4) is 0 Å². The fourth-order valence-electron chi connectivity index (χ4n) is 5.22. The van der Waals surface area contributed by atoms with Gasteiger partial charge in [-0.25, -0.2) is 0 Å². The van der Waals surface area contributed by atoms with Crippen LogP contribution in [0.4, 0.5) is 0 Å². The molecule has 2 heterocycles. The van der Waals surface area contributed by atoms with Gasteiger partial charge in [0, 0.05) is 28.6 Å². The maximum atomic E-state index is 14.1. The van der Waals surface area contributed by atoms with Gasteiger partial charge in [0.15, 0.2) is 11.5 Å². The van der Waals surface area contributed by atoms with E-state index in [1.807, 2.05) is 78.2 Å². The van der Waals surface area contributed by atoms with Crippen LogP contribution in [0, 0.1) is 0 Å². The number of nitrogens with one attached hydrogen (secondary N) is 1. The van der Waals surface area contributed by atoms with E-state index in [0.717, 1.165) is 22.0 Å². The van der Waals surface area contributed by atoms with Gasteiger partial charge in [0.2, 0.25) is 5.91 Å². The molecule has 0 fully saturated rings. The fourth-order valence-corrected chi connectivity index (χ4v) is 5.22. The number of methoxy groups -OCH3 is 3. The Hall–Kier alpha value is -4.46. The first-order chi connectivity index (χ1) is 18.4. The van der Waals surface area contributed by atoms with E-state index in [4.69, 9.17) is 14.2 Å². The number of hydrogen-bond acceptors (Lipinski definition) is 5. The quantitative estimate of drug-likeness (QED) is 0.378. The lowest BCUT2D eigenvalue weighted by Gasteiger charge is -2.44. The van der Waals surface area contributed by atoms with Gasteiger partial charge in [0.05, 0.1) is 34.4 Å². The van der Waals surface area contributed by atoms with Crippen LogP contribution in [0.25, 0.3) is 10.9 Å². The molecule has 0 saturated heterocycles. The fraction of sp³-hybridized carbons (Fsp3) is 0.267. The third kappa shape index (κ3) is 4.22. The van der Waals surface area contributed by atoms with Gasteiger partial charge in [-0.3, -0.25) is 9.59 Å². The number of hydrogen-bond donors (Lipinski definition) is 1. The molecule has 196 valence electrons. The topological polar surface area (TPSA) is 82.0 Å². The van der Waals surface area contributed by atoms with E-state index in [0.29, 0.717) is 29.5 Å². The second-order valence-electron chi connectivity index (χ2n) is 9.49. The summed E-state index contributed by atoms with van der Waals surface area (Å²) >= 11 is 0. The summed E-state index contributed by atoms with van der Waals surface area (Å²) in [6, 6.07) is 22.8. The second kappa shape index (κ2) is 10.1. The van der Waals surface area contributed by atoms with E-state index < -0.39 is 5.54 Å². The number of fused-ring (bicyclic) bond motifs is 3. The Bertz CT molecular complexity index is 1510. The van der Waals surface area contributed by atoms with Crippen molar-refractivity contribution in [1.29, 1.82) is 0 Å². The third-order valence-electron chi connectivity index (χ3n) is 7.27. The largest absolute Gasteiger partial charge is 0.496 e. The SMILES string of the molecule is COc1ccccc1CNC(=O)C1(C)Cn2c(cc3ccccc32)C(=O)N1Cc1cccc(OC)c1OC. The molecular weight excluding hydrogens is 482 g/mol. The molecule has 1 unspecified atom stereocenters. The molecule has 0 spiro atoms. The highest BCUT2D eigenvalue weighted by molar-refractivity contribution is 6.03. The van der Waals surface area contributed by atoms with Crippen molar-refractivity contribution in [3.63, 3.8) is 0 Å². The first kappa shape index (κ1) is 25.2. The molecular formula is C30H31N3O5. The number of amides is 2. The summed E-state index contributed by atoms with van der Waals surface area (Å²) in [6.45, 7) is 2.54. The summed E-state index contributed by atoms with van der Waals surface area (Å²) in [5, 5.41) is 4.01. The summed E-state index contributed by atoms with van der Waals surface area (Å²) in [5.74, 6) is 1.29. The minimum Gasteiger partial charge on any atom is -0.496 e. The summed E-state index contributed by atoms with van der Waals surface area (Å²) < 4.78 is 18.5. The van der Waals surface area contributed by atoms with E-state index in [-0.39, 0.29) is 24.9 Å². The highest BCUT2D eigenvalue weighted by Gasteiger charge is 2.48. The number of carbonyl (C=O) groups is 2. The molecule has 1 atom stereocenters. The number of para-hydroxylation sites is 3. The molecule has 8 nitrogen and oxygen atoms in total. The molecule has 38 heavy (non-hydrogen) atoms. The van der Waals surface area contributed by atoms with Crippen molar-refractivity contribution in [2.24, 2.45) is 0 Å². The smallest absolute Gasteiger partial charge is 0.271 e. The molecule has 5 rings (SSSR count). The maximum absolute atomic E-state index is 14.1. The van der Waals surface area contributed by atoms with Gasteiger partial charge in [-0.2, -0.15) is 0 Å². The standard InChI is InChI=1S/C30H31N3O5/c1-30(29(35)31-17-21-11-6-8-14-25(21)36-2)19-32-23-13-7-5-10-20(23)16-24(32)28(34)33(30)18-22-12-9-15-26(37-3)27(22)38-4/h5-16H,17-19H2,1-4H3,(H,31,35). The minimum atomic E-state index is -1.19. The summed E-state index contributed by atoms with van der Waals surface area (Å²) in [5.41, 5.74) is 1.86. The van der Waals surface area contributed by atoms with Crippen LogP contribution in [0.15, 0.2) is 72.8 Å². The Kier molecular flexibility index (Phi) is 6.72. The van der Waals surface area contributed by atoms with Crippen molar-refractivity contribution in [3.8, 4) is 17.2 Å². The molecule has 3 aromatic carbocycles. The van der Waals surface area contributed by atoms with E-state index in [9.17, 15) is 9.59 Å². The van der Waals surface area contributed by atoms with Crippen molar-refractivity contribution >= 4 is 22.7 Å². The average molecular weight is 514 g/mol. The second-order valence-corrected chi connectivity index (χ2v) is 9.49. The molecule has 4 aromatic rings. The van der Waals surface area contributed by atoms with Gasteiger partial charge < -0.3 is 29.0 Å². The predicted octanol–water partition coefficient (Wildman–Crippen LogP) is 4.40. The Morgan fingerprint density at radius 3 is 2.34 bits per heavy atom. The van der Waals surface area contributed by atoms with E-state index >= 15 is 0 Å². The van der Waals surface area contributed by atoms with Crippen molar-refractivity contribution in [2.75, 3.05) is 21.3 Å². The number of nitrogens with zero attached hydrogens (tertiary/aromatic N) is 2. The molecule has 0 bridgehead atoms. The molecule has 0 saturated carbocycles. The molecule has 2 amide bonds. The van der Waals surface area contributed by atoms with Gasteiger partial charge in [-0.15, -0.1) is 0 Å². The Labute approximate surface area is 221 Å². The van der Waals surface area contributed by atoms with Gasteiger partial charge in [0.1, 0.15) is 17.0 Å². The van der Waals surface area contributed by atoms with Crippen molar-refractivity contribution < 1.29 is 23.8 Å². The molecule has 1 aliphatic heterocycles. The Morgan fingerprint density at radius 2 is 1.58 bits per heavy atom. The first-order valence-corrected chi connectivity index (χ1v) is 12.4. The Balaban J connectivity index is 1.56. The third-order valence-corrected chi connectivity index (χ3v) is 7.27.